The number of halogens is 1. The lowest BCUT2D eigenvalue weighted by atomic mass is 9.98. The molecule has 0 bridgehead atoms. The molecule has 122 valence electrons. The first-order valence-corrected chi connectivity index (χ1v) is 8.07. The molecule has 0 amide bonds. The Bertz CT molecular complexity index is 463. The molecule has 1 aromatic rings. The van der Waals surface area contributed by atoms with Crippen LogP contribution in [0.4, 0.5) is 4.39 Å². The molecule has 1 aliphatic rings. The fourth-order valence-corrected chi connectivity index (χ4v) is 2.88. The molecule has 4 nitrogen and oxygen atoms in total. The summed E-state index contributed by atoms with van der Waals surface area (Å²) in [6.07, 6.45) is 2.92. The molecule has 2 rings (SSSR count). The predicted molar refractivity (Wildman–Crippen MR) is 81.4 cm³/mol. The molecular formula is C17H25FNO3+. The van der Waals surface area contributed by atoms with Crippen LogP contribution in [0.3, 0.4) is 0 Å². The maximum absolute atomic E-state index is 12.8. The number of likely N-dealkylation sites (tertiary alicyclic amines) is 1. The van der Waals surface area contributed by atoms with E-state index in [0.717, 1.165) is 38.9 Å². The molecule has 0 saturated carbocycles. The second kappa shape index (κ2) is 8.73. The zero-order valence-corrected chi connectivity index (χ0v) is 13.1. The third kappa shape index (κ3) is 5.30. The van der Waals surface area contributed by atoms with Crippen LogP contribution in [0.15, 0.2) is 24.3 Å². The minimum Gasteiger partial charge on any atom is -0.493 e. The van der Waals surface area contributed by atoms with E-state index in [4.69, 9.17) is 9.47 Å². The van der Waals surface area contributed by atoms with Gasteiger partial charge in [0, 0.05) is 6.42 Å². The SMILES string of the molecule is CCOC(=O)[C@@H]1CCC[NH+](CCCOc2ccc(F)cc2)C1. The van der Waals surface area contributed by atoms with E-state index in [1.165, 1.54) is 17.0 Å². The highest BCUT2D eigenvalue weighted by Gasteiger charge is 2.29. The molecule has 1 aliphatic heterocycles. The van der Waals surface area contributed by atoms with Crippen LogP contribution in [0.25, 0.3) is 0 Å². The zero-order valence-electron chi connectivity index (χ0n) is 13.1. The van der Waals surface area contributed by atoms with Crippen LogP contribution in [-0.2, 0) is 9.53 Å². The van der Waals surface area contributed by atoms with E-state index >= 15 is 0 Å². The second-order valence-corrected chi connectivity index (χ2v) is 5.70. The Morgan fingerprint density at radius 1 is 1.36 bits per heavy atom. The van der Waals surface area contributed by atoms with Crippen molar-refractivity contribution < 1.29 is 23.6 Å². The van der Waals surface area contributed by atoms with Crippen LogP contribution in [0.1, 0.15) is 26.2 Å². The molecule has 1 saturated heterocycles. The van der Waals surface area contributed by atoms with Crippen LogP contribution in [0.2, 0.25) is 0 Å². The summed E-state index contributed by atoms with van der Waals surface area (Å²) < 4.78 is 23.5. The van der Waals surface area contributed by atoms with Gasteiger partial charge in [-0.1, -0.05) is 0 Å². The van der Waals surface area contributed by atoms with Crippen molar-refractivity contribution >= 4 is 5.97 Å². The molecule has 0 aliphatic carbocycles. The van der Waals surface area contributed by atoms with E-state index in [1.54, 1.807) is 12.1 Å². The van der Waals surface area contributed by atoms with Crippen LogP contribution < -0.4 is 9.64 Å². The lowest BCUT2D eigenvalue weighted by molar-refractivity contribution is -0.907. The van der Waals surface area contributed by atoms with Crippen molar-refractivity contribution in [1.82, 2.24) is 0 Å². The van der Waals surface area contributed by atoms with E-state index in [0.29, 0.717) is 19.0 Å². The summed E-state index contributed by atoms with van der Waals surface area (Å²) in [7, 11) is 0. The minimum atomic E-state index is -0.255. The summed E-state index contributed by atoms with van der Waals surface area (Å²) in [6, 6.07) is 6.07. The number of benzene rings is 1. The molecule has 0 aromatic heterocycles. The Morgan fingerprint density at radius 3 is 2.86 bits per heavy atom. The number of hydrogen-bond acceptors (Lipinski definition) is 3. The highest BCUT2D eigenvalue weighted by atomic mass is 19.1. The zero-order chi connectivity index (χ0) is 15.8. The van der Waals surface area contributed by atoms with Crippen LogP contribution in [0, 0.1) is 11.7 Å². The first-order chi connectivity index (χ1) is 10.7. The van der Waals surface area contributed by atoms with Gasteiger partial charge in [-0.3, -0.25) is 4.79 Å². The maximum atomic E-state index is 12.8. The quantitative estimate of drug-likeness (QED) is 0.612. The van der Waals surface area contributed by atoms with Crippen molar-refractivity contribution in [2.24, 2.45) is 5.92 Å². The largest absolute Gasteiger partial charge is 0.493 e. The number of carbonyl (C=O) groups excluding carboxylic acids is 1. The van der Waals surface area contributed by atoms with Gasteiger partial charge in [0.2, 0.25) is 0 Å². The van der Waals surface area contributed by atoms with Gasteiger partial charge in [-0.15, -0.1) is 0 Å². The number of carbonyl (C=O) groups is 1. The molecule has 1 N–H and O–H groups in total. The van der Waals surface area contributed by atoms with Gasteiger partial charge >= 0.3 is 5.97 Å². The molecule has 1 unspecified atom stereocenters. The highest BCUT2D eigenvalue weighted by Crippen LogP contribution is 2.11. The molecule has 0 spiro atoms. The third-order valence-corrected chi connectivity index (χ3v) is 3.99. The number of hydrogen-bond donors (Lipinski definition) is 1. The van der Waals surface area contributed by atoms with Gasteiger partial charge in [0.05, 0.1) is 32.8 Å². The summed E-state index contributed by atoms with van der Waals surface area (Å²) in [4.78, 5) is 13.2. The smallest absolute Gasteiger partial charge is 0.314 e. The number of rotatable bonds is 7. The van der Waals surface area contributed by atoms with Gasteiger partial charge in [0.25, 0.3) is 0 Å². The Morgan fingerprint density at radius 2 is 2.14 bits per heavy atom. The highest BCUT2D eigenvalue weighted by molar-refractivity contribution is 5.72. The van der Waals surface area contributed by atoms with Crippen molar-refractivity contribution in [3.63, 3.8) is 0 Å². The van der Waals surface area contributed by atoms with Gasteiger partial charge in [-0.05, 0) is 44.0 Å². The molecule has 1 fully saturated rings. The third-order valence-electron chi connectivity index (χ3n) is 3.99. The molecule has 5 heteroatoms. The maximum Gasteiger partial charge on any atom is 0.314 e. The van der Waals surface area contributed by atoms with Crippen molar-refractivity contribution in [2.75, 3.05) is 32.8 Å². The number of quaternary nitrogens is 1. The second-order valence-electron chi connectivity index (χ2n) is 5.70. The van der Waals surface area contributed by atoms with Crippen molar-refractivity contribution in [3.05, 3.63) is 30.1 Å². The Labute approximate surface area is 131 Å². The topological polar surface area (TPSA) is 40.0 Å². The Hall–Kier alpha value is -1.62. The summed E-state index contributed by atoms with van der Waals surface area (Å²) in [5.74, 6) is 0.429. The van der Waals surface area contributed by atoms with Crippen molar-refractivity contribution in [2.45, 2.75) is 26.2 Å². The minimum absolute atomic E-state index is 0.0433. The number of piperidine rings is 1. The first-order valence-electron chi connectivity index (χ1n) is 8.07. The Balaban J connectivity index is 1.66. The van der Waals surface area contributed by atoms with Gasteiger partial charge in [-0.25, -0.2) is 4.39 Å². The van der Waals surface area contributed by atoms with E-state index in [2.05, 4.69) is 0 Å². The van der Waals surface area contributed by atoms with E-state index < -0.39 is 0 Å². The predicted octanol–water partition coefficient (Wildman–Crippen LogP) is 1.45. The molecule has 22 heavy (non-hydrogen) atoms. The molecule has 2 atom stereocenters. The molecule has 1 heterocycles. The fraction of sp³-hybridized carbons (Fsp3) is 0.588. The average molecular weight is 310 g/mol. The summed E-state index contributed by atoms with van der Waals surface area (Å²) >= 11 is 0. The van der Waals surface area contributed by atoms with Crippen LogP contribution in [-0.4, -0.2) is 38.8 Å². The standard InChI is InChI=1S/C17H24FNO3/c1-2-21-17(20)14-5-3-10-19(13-14)11-4-12-22-16-8-6-15(18)7-9-16/h6-9,14H,2-5,10-13H2,1H3/p+1/t14-/m1/s1. The lowest BCUT2D eigenvalue weighted by Crippen LogP contribution is -3.13. The summed E-state index contributed by atoms with van der Waals surface area (Å²) in [6.45, 7) is 5.85. The molecular weight excluding hydrogens is 285 g/mol. The van der Waals surface area contributed by atoms with Gasteiger partial charge < -0.3 is 14.4 Å². The lowest BCUT2D eigenvalue weighted by Gasteiger charge is -2.28. The summed E-state index contributed by atoms with van der Waals surface area (Å²) in [5, 5.41) is 0. The molecule has 1 aromatic carbocycles. The first kappa shape index (κ1) is 16.7. The molecule has 0 radical (unpaired) electrons. The van der Waals surface area contributed by atoms with Crippen LogP contribution in [0.5, 0.6) is 5.75 Å². The van der Waals surface area contributed by atoms with E-state index in [9.17, 15) is 9.18 Å². The normalized spacial score (nSPS) is 21.4. The van der Waals surface area contributed by atoms with Gasteiger partial charge in [0.1, 0.15) is 17.5 Å². The van der Waals surface area contributed by atoms with Crippen molar-refractivity contribution in [1.29, 1.82) is 0 Å². The van der Waals surface area contributed by atoms with E-state index in [1.807, 2.05) is 6.92 Å². The van der Waals surface area contributed by atoms with Crippen molar-refractivity contribution in [3.8, 4) is 5.75 Å². The van der Waals surface area contributed by atoms with Crippen LogP contribution >= 0.6 is 0 Å². The number of esters is 1. The van der Waals surface area contributed by atoms with E-state index in [-0.39, 0.29) is 17.7 Å². The average Bonchev–Trinajstić information content (AvgIpc) is 2.54. The monoisotopic (exact) mass is 310 g/mol. The number of ether oxygens (including phenoxy) is 2. The fourth-order valence-electron chi connectivity index (χ4n) is 2.88. The van der Waals surface area contributed by atoms with Gasteiger partial charge in [-0.2, -0.15) is 0 Å². The summed E-state index contributed by atoms with van der Waals surface area (Å²) in [5.41, 5.74) is 0. The Kier molecular flexibility index (Phi) is 6.65. The number of nitrogens with one attached hydrogen (secondary N) is 1. The van der Waals surface area contributed by atoms with Gasteiger partial charge in [0.15, 0.2) is 0 Å².